The second-order valence-electron chi connectivity index (χ2n) is 6.70. The fourth-order valence-corrected chi connectivity index (χ4v) is 3.07. The third-order valence-electron chi connectivity index (χ3n) is 4.71. The van der Waals surface area contributed by atoms with Crippen molar-refractivity contribution in [1.82, 2.24) is 4.90 Å². The van der Waals surface area contributed by atoms with Gasteiger partial charge in [0.1, 0.15) is 5.75 Å². The van der Waals surface area contributed by atoms with E-state index in [1.165, 1.54) is 0 Å². The first kappa shape index (κ1) is 20.4. The van der Waals surface area contributed by atoms with Crippen molar-refractivity contribution in [2.75, 3.05) is 38.2 Å². The summed E-state index contributed by atoms with van der Waals surface area (Å²) in [7, 11) is 0. The summed E-state index contributed by atoms with van der Waals surface area (Å²) < 4.78 is 10.8. The van der Waals surface area contributed by atoms with E-state index in [4.69, 9.17) is 14.7 Å². The molecule has 2 aromatic carbocycles. The Labute approximate surface area is 169 Å². The molecule has 2 amide bonds. The number of benzene rings is 2. The number of nitriles is 1. The van der Waals surface area contributed by atoms with Crippen molar-refractivity contribution in [2.45, 2.75) is 13.3 Å². The Bertz CT molecular complexity index is 913. The standard InChI is InChI=1S/C22H23N3O4/c1-16-19(22(27)25-11-13-28-14-12-25)3-2-4-20(16)24-21(26)15-29-18-7-5-17(6-8-18)9-10-23/h2-8H,9,11-15H2,1H3,(H,24,26). The van der Waals surface area contributed by atoms with Gasteiger partial charge in [0.25, 0.3) is 11.8 Å². The summed E-state index contributed by atoms with van der Waals surface area (Å²) in [6, 6.07) is 14.4. The van der Waals surface area contributed by atoms with Crippen LogP contribution in [0.5, 0.6) is 5.75 Å². The van der Waals surface area contributed by atoms with E-state index >= 15 is 0 Å². The Hall–Kier alpha value is -3.37. The van der Waals surface area contributed by atoms with Crippen molar-refractivity contribution in [2.24, 2.45) is 0 Å². The SMILES string of the molecule is Cc1c(NC(=O)COc2ccc(CC#N)cc2)cccc1C(=O)N1CCOCC1. The number of morpholine rings is 1. The molecule has 2 aromatic rings. The minimum absolute atomic E-state index is 0.0596. The van der Waals surface area contributed by atoms with Crippen molar-refractivity contribution in [3.05, 3.63) is 59.2 Å². The summed E-state index contributed by atoms with van der Waals surface area (Å²) in [5.74, 6) is 0.176. The van der Waals surface area contributed by atoms with Gasteiger partial charge in [0, 0.05) is 24.3 Å². The number of hydrogen-bond donors (Lipinski definition) is 1. The smallest absolute Gasteiger partial charge is 0.262 e. The highest BCUT2D eigenvalue weighted by Gasteiger charge is 2.21. The van der Waals surface area contributed by atoms with Crippen molar-refractivity contribution in [1.29, 1.82) is 5.26 Å². The van der Waals surface area contributed by atoms with Gasteiger partial charge in [0.15, 0.2) is 6.61 Å². The predicted octanol–water partition coefficient (Wildman–Crippen LogP) is 2.55. The highest BCUT2D eigenvalue weighted by atomic mass is 16.5. The maximum Gasteiger partial charge on any atom is 0.262 e. The topological polar surface area (TPSA) is 91.7 Å². The van der Waals surface area contributed by atoms with E-state index in [2.05, 4.69) is 11.4 Å². The lowest BCUT2D eigenvalue weighted by Crippen LogP contribution is -2.41. The number of rotatable bonds is 6. The highest BCUT2D eigenvalue weighted by molar-refractivity contribution is 5.99. The van der Waals surface area contributed by atoms with E-state index in [1.807, 2.05) is 6.92 Å². The van der Waals surface area contributed by atoms with E-state index in [-0.39, 0.29) is 18.4 Å². The van der Waals surface area contributed by atoms with Crippen LogP contribution in [0, 0.1) is 18.3 Å². The van der Waals surface area contributed by atoms with Crippen LogP contribution in [-0.4, -0.2) is 49.6 Å². The van der Waals surface area contributed by atoms with Gasteiger partial charge in [-0.15, -0.1) is 0 Å². The van der Waals surface area contributed by atoms with Gasteiger partial charge >= 0.3 is 0 Å². The van der Waals surface area contributed by atoms with Crippen LogP contribution in [-0.2, 0) is 16.0 Å². The average molecular weight is 393 g/mol. The zero-order chi connectivity index (χ0) is 20.6. The summed E-state index contributed by atoms with van der Waals surface area (Å²) in [5.41, 5.74) is 2.76. The molecule has 1 aliphatic heterocycles. The fraction of sp³-hybridized carbons (Fsp3) is 0.318. The van der Waals surface area contributed by atoms with Crippen LogP contribution in [0.3, 0.4) is 0 Å². The van der Waals surface area contributed by atoms with E-state index < -0.39 is 0 Å². The van der Waals surface area contributed by atoms with Crippen molar-refractivity contribution < 1.29 is 19.1 Å². The molecule has 0 spiro atoms. The quantitative estimate of drug-likeness (QED) is 0.814. The summed E-state index contributed by atoms with van der Waals surface area (Å²) in [4.78, 5) is 26.8. The average Bonchev–Trinajstić information content (AvgIpc) is 2.75. The maximum absolute atomic E-state index is 12.8. The molecule has 0 aliphatic carbocycles. The molecule has 7 nitrogen and oxygen atoms in total. The lowest BCUT2D eigenvalue weighted by molar-refractivity contribution is -0.118. The Morgan fingerprint density at radius 1 is 1.17 bits per heavy atom. The van der Waals surface area contributed by atoms with Crippen molar-refractivity contribution in [3.8, 4) is 11.8 Å². The van der Waals surface area contributed by atoms with Gasteiger partial charge in [-0.3, -0.25) is 9.59 Å². The molecule has 1 aliphatic rings. The summed E-state index contributed by atoms with van der Waals surface area (Å²) in [6.07, 6.45) is 0.333. The highest BCUT2D eigenvalue weighted by Crippen LogP contribution is 2.21. The number of nitrogens with zero attached hydrogens (tertiary/aromatic N) is 2. The molecule has 0 bridgehead atoms. The molecule has 0 unspecified atom stereocenters. The Morgan fingerprint density at radius 3 is 2.59 bits per heavy atom. The van der Waals surface area contributed by atoms with Gasteiger partial charge in [-0.25, -0.2) is 0 Å². The normalized spacial score (nSPS) is 13.4. The van der Waals surface area contributed by atoms with Crippen LogP contribution < -0.4 is 10.1 Å². The third kappa shape index (κ3) is 5.33. The van der Waals surface area contributed by atoms with Crippen molar-refractivity contribution in [3.63, 3.8) is 0 Å². The molecule has 1 heterocycles. The maximum atomic E-state index is 12.8. The lowest BCUT2D eigenvalue weighted by atomic mass is 10.0. The number of ether oxygens (including phenoxy) is 2. The fourth-order valence-electron chi connectivity index (χ4n) is 3.07. The molecule has 0 saturated carbocycles. The molecular weight excluding hydrogens is 370 g/mol. The van der Waals surface area contributed by atoms with E-state index in [9.17, 15) is 9.59 Å². The molecule has 29 heavy (non-hydrogen) atoms. The first-order chi connectivity index (χ1) is 14.1. The summed E-state index contributed by atoms with van der Waals surface area (Å²) in [5, 5.41) is 11.5. The Balaban J connectivity index is 1.60. The molecule has 150 valence electrons. The number of nitrogens with one attached hydrogen (secondary N) is 1. The van der Waals surface area contributed by atoms with E-state index in [0.717, 1.165) is 11.1 Å². The number of hydrogen-bond acceptors (Lipinski definition) is 5. The molecule has 1 saturated heterocycles. The zero-order valence-electron chi connectivity index (χ0n) is 16.3. The molecule has 0 aromatic heterocycles. The molecule has 7 heteroatoms. The van der Waals surface area contributed by atoms with E-state index in [0.29, 0.717) is 49.7 Å². The van der Waals surface area contributed by atoms with Crippen LogP contribution in [0.25, 0.3) is 0 Å². The van der Waals surface area contributed by atoms with Crippen LogP contribution in [0.2, 0.25) is 0 Å². The molecule has 0 atom stereocenters. The van der Waals surface area contributed by atoms with Crippen LogP contribution in [0.1, 0.15) is 21.5 Å². The Kier molecular flexibility index (Phi) is 6.82. The molecule has 1 N–H and O–H groups in total. The van der Waals surface area contributed by atoms with Gasteiger partial charge in [-0.1, -0.05) is 18.2 Å². The minimum atomic E-state index is -0.315. The largest absolute Gasteiger partial charge is 0.484 e. The molecular formula is C22H23N3O4. The van der Waals surface area contributed by atoms with Crippen LogP contribution in [0.4, 0.5) is 5.69 Å². The van der Waals surface area contributed by atoms with Gasteiger partial charge in [0.05, 0.1) is 25.7 Å². The summed E-state index contributed by atoms with van der Waals surface area (Å²) >= 11 is 0. The van der Waals surface area contributed by atoms with Crippen LogP contribution in [0.15, 0.2) is 42.5 Å². The number of carbonyl (C=O) groups excluding carboxylic acids is 2. The monoisotopic (exact) mass is 393 g/mol. The third-order valence-corrected chi connectivity index (χ3v) is 4.71. The second-order valence-corrected chi connectivity index (χ2v) is 6.70. The Morgan fingerprint density at radius 2 is 1.90 bits per heavy atom. The van der Waals surface area contributed by atoms with Gasteiger partial charge in [0.2, 0.25) is 0 Å². The van der Waals surface area contributed by atoms with Gasteiger partial charge in [-0.2, -0.15) is 5.26 Å². The van der Waals surface area contributed by atoms with Crippen LogP contribution >= 0.6 is 0 Å². The summed E-state index contributed by atoms with van der Waals surface area (Å²) in [6.45, 7) is 3.87. The van der Waals surface area contributed by atoms with Gasteiger partial charge in [-0.05, 0) is 42.3 Å². The minimum Gasteiger partial charge on any atom is -0.484 e. The second kappa shape index (κ2) is 9.71. The number of amides is 2. The number of carbonyl (C=O) groups is 2. The van der Waals surface area contributed by atoms with Crippen molar-refractivity contribution >= 4 is 17.5 Å². The molecule has 0 radical (unpaired) electrons. The lowest BCUT2D eigenvalue weighted by Gasteiger charge is -2.27. The van der Waals surface area contributed by atoms with Gasteiger partial charge < -0.3 is 19.7 Å². The first-order valence-electron chi connectivity index (χ1n) is 9.43. The molecule has 1 fully saturated rings. The number of anilines is 1. The zero-order valence-corrected chi connectivity index (χ0v) is 16.3. The molecule has 3 rings (SSSR count). The predicted molar refractivity (Wildman–Crippen MR) is 108 cm³/mol. The van der Waals surface area contributed by atoms with E-state index in [1.54, 1.807) is 47.4 Å². The first-order valence-corrected chi connectivity index (χ1v) is 9.43.